The molecule has 0 atom stereocenters. The molecule has 0 bridgehead atoms. The lowest BCUT2D eigenvalue weighted by Crippen LogP contribution is -2.35. The lowest BCUT2D eigenvalue weighted by molar-refractivity contribution is 0.174. The van der Waals surface area contributed by atoms with Gasteiger partial charge in [0.2, 0.25) is 6.79 Å². The van der Waals surface area contributed by atoms with E-state index >= 15 is 0 Å². The van der Waals surface area contributed by atoms with E-state index in [1.807, 2.05) is 39.8 Å². The summed E-state index contributed by atoms with van der Waals surface area (Å²) in [5.74, 6) is 1.58. The molecule has 0 radical (unpaired) electrons. The first kappa shape index (κ1) is 21.9. The fourth-order valence-corrected chi connectivity index (χ4v) is 5.82. The highest BCUT2D eigenvalue weighted by Crippen LogP contribution is 2.46. The van der Waals surface area contributed by atoms with E-state index in [0.29, 0.717) is 6.04 Å². The Balaban J connectivity index is 0.000000568. The van der Waals surface area contributed by atoms with Crippen molar-refractivity contribution in [3.05, 3.63) is 22.6 Å². The number of hydrogen-bond donors (Lipinski definition) is 1. The summed E-state index contributed by atoms with van der Waals surface area (Å²) in [4.78, 5) is 8.74. The first-order valence-electron chi connectivity index (χ1n) is 10.4. The highest BCUT2D eigenvalue weighted by molar-refractivity contribution is 7.22. The molecule has 0 saturated heterocycles. The lowest BCUT2D eigenvalue weighted by Gasteiger charge is -2.30. The fraction of sp³-hybridized carbons (Fsp3) is 0.500. The van der Waals surface area contributed by atoms with Crippen LogP contribution in [0, 0.1) is 0 Å². The van der Waals surface area contributed by atoms with Crippen molar-refractivity contribution in [1.29, 1.82) is 0 Å². The smallest absolute Gasteiger partial charge is 0.231 e. The van der Waals surface area contributed by atoms with E-state index in [0.717, 1.165) is 56.8 Å². The molecule has 7 heteroatoms. The molecule has 2 aliphatic heterocycles. The van der Waals surface area contributed by atoms with Crippen LogP contribution in [0.3, 0.4) is 0 Å². The number of aromatic nitrogens is 1. The van der Waals surface area contributed by atoms with Crippen molar-refractivity contribution >= 4 is 37.9 Å². The van der Waals surface area contributed by atoms with E-state index in [-0.39, 0.29) is 6.79 Å². The lowest BCUT2D eigenvalue weighted by atomic mass is 10.0. The SMILES string of the molecule is CC.CC.CC(C)N1CCc2c(sc(N)c2-c2nc3cc4c(cc3s2)OCO4)C1. The van der Waals surface area contributed by atoms with Gasteiger partial charge < -0.3 is 15.2 Å². The van der Waals surface area contributed by atoms with Gasteiger partial charge in [-0.05, 0) is 25.8 Å². The summed E-state index contributed by atoms with van der Waals surface area (Å²) in [7, 11) is 0. The number of nitrogens with zero attached hydrogens (tertiary/aromatic N) is 2. The van der Waals surface area contributed by atoms with Crippen LogP contribution >= 0.6 is 22.7 Å². The summed E-state index contributed by atoms with van der Waals surface area (Å²) >= 11 is 3.40. The standard InChI is InChI=1S/C18H19N3O2S2.2C2H6/c1-9(2)21-4-3-10-15(7-21)24-17(19)16(10)18-20-11-5-12-13(23-8-22-12)6-14(11)25-18;2*1-2/h5-6,9H,3-4,7-8,19H2,1-2H3;2*1-2H3. The summed E-state index contributed by atoms with van der Waals surface area (Å²) < 4.78 is 12.1. The Labute approximate surface area is 181 Å². The molecule has 2 aliphatic rings. The quantitative estimate of drug-likeness (QED) is 0.525. The van der Waals surface area contributed by atoms with E-state index in [4.69, 9.17) is 20.2 Å². The van der Waals surface area contributed by atoms with Crippen LogP contribution in [0.15, 0.2) is 12.1 Å². The molecule has 2 N–H and O–H groups in total. The Hall–Kier alpha value is -1.83. The third kappa shape index (κ3) is 4.09. The third-order valence-electron chi connectivity index (χ3n) is 4.94. The van der Waals surface area contributed by atoms with Crippen LogP contribution in [0.25, 0.3) is 20.8 Å². The Morgan fingerprint density at radius 2 is 1.76 bits per heavy atom. The van der Waals surface area contributed by atoms with Gasteiger partial charge in [-0.25, -0.2) is 4.98 Å². The number of nitrogen functional groups attached to an aromatic ring is 1. The normalized spacial score (nSPS) is 14.9. The molecular formula is C22H31N3O2S2. The molecule has 3 aromatic rings. The van der Waals surface area contributed by atoms with Crippen LogP contribution in [0.5, 0.6) is 11.5 Å². The number of hydrogen-bond acceptors (Lipinski definition) is 7. The van der Waals surface area contributed by atoms with E-state index in [1.54, 1.807) is 22.7 Å². The van der Waals surface area contributed by atoms with Crippen molar-refractivity contribution in [2.24, 2.45) is 0 Å². The van der Waals surface area contributed by atoms with Gasteiger partial charge in [0.25, 0.3) is 0 Å². The van der Waals surface area contributed by atoms with Gasteiger partial charge >= 0.3 is 0 Å². The number of fused-ring (bicyclic) bond motifs is 3. The first-order chi connectivity index (χ1) is 14.1. The minimum atomic E-state index is 0.288. The predicted octanol–water partition coefficient (Wildman–Crippen LogP) is 6.15. The Morgan fingerprint density at radius 3 is 2.45 bits per heavy atom. The highest BCUT2D eigenvalue weighted by Gasteiger charge is 2.27. The molecule has 1 aromatic carbocycles. The molecular weight excluding hydrogens is 402 g/mol. The van der Waals surface area contributed by atoms with Gasteiger partial charge in [0.05, 0.1) is 15.2 Å². The van der Waals surface area contributed by atoms with E-state index in [2.05, 4.69) is 18.7 Å². The molecule has 0 unspecified atom stereocenters. The number of rotatable bonds is 2. The van der Waals surface area contributed by atoms with Crippen molar-refractivity contribution in [3.63, 3.8) is 0 Å². The van der Waals surface area contributed by atoms with Crippen LogP contribution in [-0.4, -0.2) is 29.3 Å². The number of ether oxygens (including phenoxy) is 2. The molecule has 0 fully saturated rings. The van der Waals surface area contributed by atoms with Crippen molar-refractivity contribution in [2.75, 3.05) is 19.1 Å². The molecule has 5 nitrogen and oxygen atoms in total. The zero-order chi connectivity index (χ0) is 21.1. The third-order valence-corrected chi connectivity index (χ3v) is 7.02. The van der Waals surface area contributed by atoms with Gasteiger partial charge in [0, 0.05) is 41.7 Å². The van der Waals surface area contributed by atoms with Crippen LogP contribution < -0.4 is 15.2 Å². The Bertz CT molecular complexity index is 937. The zero-order valence-electron chi connectivity index (χ0n) is 18.2. The maximum absolute atomic E-state index is 6.41. The van der Waals surface area contributed by atoms with Crippen molar-refractivity contribution in [2.45, 2.75) is 60.5 Å². The molecule has 0 spiro atoms. The molecule has 0 amide bonds. The minimum absolute atomic E-state index is 0.288. The van der Waals surface area contributed by atoms with Crippen molar-refractivity contribution in [3.8, 4) is 22.1 Å². The van der Waals surface area contributed by atoms with Gasteiger partial charge in [-0.15, -0.1) is 22.7 Å². The monoisotopic (exact) mass is 433 g/mol. The maximum Gasteiger partial charge on any atom is 0.231 e. The fourth-order valence-electron chi connectivity index (χ4n) is 3.54. The Morgan fingerprint density at radius 1 is 1.07 bits per heavy atom. The predicted molar refractivity (Wildman–Crippen MR) is 125 cm³/mol. The van der Waals surface area contributed by atoms with Crippen LogP contribution in [-0.2, 0) is 13.0 Å². The molecule has 29 heavy (non-hydrogen) atoms. The van der Waals surface area contributed by atoms with Crippen LogP contribution in [0.4, 0.5) is 5.00 Å². The summed E-state index contributed by atoms with van der Waals surface area (Å²) in [6, 6.07) is 4.55. The largest absolute Gasteiger partial charge is 0.454 e. The van der Waals surface area contributed by atoms with Gasteiger partial charge in [-0.3, -0.25) is 4.90 Å². The maximum atomic E-state index is 6.41. The van der Waals surface area contributed by atoms with Gasteiger partial charge in [-0.2, -0.15) is 0 Å². The van der Waals surface area contributed by atoms with Crippen molar-refractivity contribution < 1.29 is 9.47 Å². The number of thiophene rings is 1. The number of thiazole rings is 1. The summed E-state index contributed by atoms with van der Waals surface area (Å²) in [6.45, 7) is 14.9. The minimum Gasteiger partial charge on any atom is -0.454 e. The van der Waals surface area contributed by atoms with Gasteiger partial charge in [-0.1, -0.05) is 27.7 Å². The topological polar surface area (TPSA) is 60.6 Å². The molecule has 0 saturated carbocycles. The zero-order valence-corrected chi connectivity index (χ0v) is 19.8. The molecule has 2 aromatic heterocycles. The van der Waals surface area contributed by atoms with Crippen molar-refractivity contribution in [1.82, 2.24) is 9.88 Å². The average molecular weight is 434 g/mol. The summed E-state index contributed by atoms with van der Waals surface area (Å²) in [6.07, 6.45) is 1.04. The highest BCUT2D eigenvalue weighted by atomic mass is 32.1. The average Bonchev–Trinajstić information content (AvgIpc) is 3.43. The Kier molecular flexibility index (Phi) is 7.03. The first-order valence-corrected chi connectivity index (χ1v) is 12.1. The van der Waals surface area contributed by atoms with E-state index < -0.39 is 0 Å². The van der Waals surface area contributed by atoms with Gasteiger partial charge in [0.15, 0.2) is 11.5 Å². The molecule has 0 aliphatic carbocycles. The summed E-state index contributed by atoms with van der Waals surface area (Å²) in [5, 5.41) is 1.89. The van der Waals surface area contributed by atoms with E-state index in [9.17, 15) is 0 Å². The summed E-state index contributed by atoms with van der Waals surface area (Å²) in [5.41, 5.74) is 9.89. The second-order valence-corrected chi connectivity index (χ2v) is 8.92. The second kappa shape index (κ2) is 9.32. The van der Waals surface area contributed by atoms with Crippen LogP contribution in [0.1, 0.15) is 52.0 Å². The molecule has 158 valence electrons. The number of anilines is 1. The van der Waals surface area contributed by atoms with Gasteiger partial charge in [0.1, 0.15) is 5.01 Å². The van der Waals surface area contributed by atoms with E-state index in [1.165, 1.54) is 10.4 Å². The number of benzene rings is 1. The molecule has 4 heterocycles. The van der Waals surface area contributed by atoms with Crippen LogP contribution in [0.2, 0.25) is 0 Å². The molecule has 5 rings (SSSR count). The number of nitrogens with two attached hydrogens (primary N) is 1. The second-order valence-electron chi connectivity index (χ2n) is 6.75.